The molecule has 1 fully saturated rings. The van der Waals surface area contributed by atoms with Crippen LogP contribution >= 0.6 is 0 Å². The summed E-state index contributed by atoms with van der Waals surface area (Å²) in [4.78, 5) is 22.3. The quantitative estimate of drug-likeness (QED) is 0.762. The fraction of sp³-hybridized carbons (Fsp3) is 0.733. The van der Waals surface area contributed by atoms with Crippen LogP contribution in [0.3, 0.4) is 0 Å². The molecule has 0 aromatic rings. The summed E-state index contributed by atoms with van der Waals surface area (Å²) in [5.74, 6) is 0.0965. The lowest BCUT2D eigenvalue weighted by atomic mass is 9.81. The van der Waals surface area contributed by atoms with Crippen molar-refractivity contribution in [3.8, 4) is 0 Å². The Morgan fingerprint density at radius 2 is 1.89 bits per heavy atom. The van der Waals surface area contributed by atoms with E-state index in [4.69, 9.17) is 0 Å². The number of rotatable bonds is 2. The lowest BCUT2D eigenvalue weighted by molar-refractivity contribution is -0.116. The zero-order valence-electron chi connectivity index (χ0n) is 11.3. The van der Waals surface area contributed by atoms with E-state index in [0.29, 0.717) is 11.5 Å². The van der Waals surface area contributed by atoms with E-state index in [1.54, 1.807) is 0 Å². The summed E-state index contributed by atoms with van der Waals surface area (Å²) in [6.45, 7) is 6.51. The fourth-order valence-corrected chi connectivity index (χ4v) is 3.89. The van der Waals surface area contributed by atoms with Crippen LogP contribution in [0.4, 0.5) is 0 Å². The lowest BCUT2D eigenvalue weighted by Gasteiger charge is -2.27. The number of carbonyl (C=O) groups excluding carboxylic acids is 2. The Morgan fingerprint density at radius 3 is 2.44 bits per heavy atom. The van der Waals surface area contributed by atoms with Crippen molar-refractivity contribution in [1.82, 2.24) is 0 Å². The Balaban J connectivity index is 2.39. The minimum Gasteiger partial charge on any atom is -0.392 e. The van der Waals surface area contributed by atoms with Gasteiger partial charge in [0, 0.05) is 5.57 Å². The fourth-order valence-electron chi connectivity index (χ4n) is 3.89. The molecular formula is C15H22O3. The van der Waals surface area contributed by atoms with Gasteiger partial charge < -0.3 is 9.90 Å². The summed E-state index contributed by atoms with van der Waals surface area (Å²) < 4.78 is 0. The Bertz CT molecular complexity index is 383. The van der Waals surface area contributed by atoms with E-state index in [1.807, 2.05) is 6.08 Å². The van der Waals surface area contributed by atoms with Gasteiger partial charge in [0.05, 0.1) is 12.0 Å². The normalized spacial score (nSPS) is 42.7. The van der Waals surface area contributed by atoms with Crippen LogP contribution in [0, 0.1) is 29.1 Å². The summed E-state index contributed by atoms with van der Waals surface area (Å²) >= 11 is 0. The number of aliphatic hydroxyl groups is 1. The van der Waals surface area contributed by atoms with E-state index < -0.39 is 12.0 Å². The van der Waals surface area contributed by atoms with Crippen molar-refractivity contribution in [1.29, 1.82) is 0 Å². The van der Waals surface area contributed by atoms with Gasteiger partial charge in [-0.3, -0.25) is 4.79 Å². The van der Waals surface area contributed by atoms with E-state index in [2.05, 4.69) is 20.8 Å². The molecule has 0 radical (unpaired) electrons. The van der Waals surface area contributed by atoms with E-state index in [0.717, 1.165) is 25.4 Å². The van der Waals surface area contributed by atoms with Crippen LogP contribution in [0.2, 0.25) is 0 Å². The van der Waals surface area contributed by atoms with Crippen molar-refractivity contribution < 1.29 is 14.7 Å². The van der Waals surface area contributed by atoms with E-state index in [-0.39, 0.29) is 17.3 Å². The summed E-state index contributed by atoms with van der Waals surface area (Å²) in [6.07, 6.45) is 4.60. The van der Waals surface area contributed by atoms with Gasteiger partial charge in [0.15, 0.2) is 0 Å². The van der Waals surface area contributed by atoms with Crippen LogP contribution < -0.4 is 0 Å². The maximum Gasteiger partial charge on any atom is 0.146 e. The molecule has 0 amide bonds. The molecule has 5 atom stereocenters. The second-order valence-corrected chi connectivity index (χ2v) is 6.70. The molecule has 2 aliphatic rings. The molecule has 2 aliphatic carbocycles. The molecule has 2 rings (SSSR count). The topological polar surface area (TPSA) is 54.4 Å². The molecule has 0 aliphatic heterocycles. The molecule has 18 heavy (non-hydrogen) atoms. The summed E-state index contributed by atoms with van der Waals surface area (Å²) in [5, 5.41) is 10.4. The van der Waals surface area contributed by atoms with Crippen molar-refractivity contribution in [3.05, 3.63) is 11.6 Å². The third kappa shape index (κ3) is 2.16. The minimum absolute atomic E-state index is 0.124. The van der Waals surface area contributed by atoms with Crippen molar-refractivity contribution >= 4 is 12.6 Å². The molecule has 3 heteroatoms. The molecule has 0 unspecified atom stereocenters. The number of aldehydes is 2. The van der Waals surface area contributed by atoms with Crippen LogP contribution in [0.25, 0.3) is 0 Å². The predicted octanol–water partition coefficient (Wildman–Crippen LogP) is 1.99. The Hall–Kier alpha value is -0.960. The maximum absolute atomic E-state index is 11.2. The molecule has 100 valence electrons. The second-order valence-electron chi connectivity index (χ2n) is 6.70. The average Bonchev–Trinajstić information content (AvgIpc) is 2.60. The number of hydrogen-bond donors (Lipinski definition) is 1. The molecule has 3 nitrogen and oxygen atoms in total. The molecule has 0 spiro atoms. The molecule has 0 heterocycles. The smallest absolute Gasteiger partial charge is 0.146 e. The number of carbonyl (C=O) groups is 2. The van der Waals surface area contributed by atoms with Crippen LogP contribution in [0.5, 0.6) is 0 Å². The zero-order valence-corrected chi connectivity index (χ0v) is 11.3. The molecule has 0 saturated heterocycles. The number of aliphatic hydroxyl groups excluding tert-OH is 1. The van der Waals surface area contributed by atoms with Gasteiger partial charge in [0.1, 0.15) is 12.6 Å². The van der Waals surface area contributed by atoms with Gasteiger partial charge in [0.25, 0.3) is 0 Å². The largest absolute Gasteiger partial charge is 0.392 e. The van der Waals surface area contributed by atoms with E-state index >= 15 is 0 Å². The lowest BCUT2D eigenvalue weighted by Crippen LogP contribution is -2.33. The first kappa shape index (κ1) is 13.5. The Morgan fingerprint density at radius 1 is 1.28 bits per heavy atom. The third-order valence-corrected chi connectivity index (χ3v) is 4.73. The first-order valence-electron chi connectivity index (χ1n) is 6.70. The summed E-state index contributed by atoms with van der Waals surface area (Å²) in [6, 6.07) is 0. The van der Waals surface area contributed by atoms with Crippen LogP contribution in [0.1, 0.15) is 33.6 Å². The first-order valence-corrected chi connectivity index (χ1v) is 6.70. The summed E-state index contributed by atoms with van der Waals surface area (Å²) in [7, 11) is 0. The highest BCUT2D eigenvalue weighted by Crippen LogP contribution is 2.52. The first-order chi connectivity index (χ1) is 8.39. The van der Waals surface area contributed by atoms with Gasteiger partial charge in [0.2, 0.25) is 0 Å². The van der Waals surface area contributed by atoms with Gasteiger partial charge in [-0.25, -0.2) is 0 Å². The van der Waals surface area contributed by atoms with Crippen LogP contribution in [0.15, 0.2) is 11.6 Å². The Kier molecular flexibility index (Phi) is 3.45. The number of hydrogen-bond acceptors (Lipinski definition) is 3. The van der Waals surface area contributed by atoms with Crippen LogP contribution in [-0.4, -0.2) is 23.8 Å². The van der Waals surface area contributed by atoms with Crippen molar-refractivity contribution in [2.75, 3.05) is 0 Å². The average molecular weight is 250 g/mol. The molecule has 0 bridgehead atoms. The maximum atomic E-state index is 11.2. The number of allylic oxidation sites excluding steroid dienone is 1. The highest BCUT2D eigenvalue weighted by atomic mass is 16.3. The molecule has 1 N–H and O–H groups in total. The van der Waals surface area contributed by atoms with E-state index in [9.17, 15) is 14.7 Å². The van der Waals surface area contributed by atoms with Gasteiger partial charge >= 0.3 is 0 Å². The molecule has 1 saturated carbocycles. The van der Waals surface area contributed by atoms with Crippen molar-refractivity contribution in [3.63, 3.8) is 0 Å². The van der Waals surface area contributed by atoms with Gasteiger partial charge in [-0.2, -0.15) is 0 Å². The SMILES string of the molecule is C[C@H]1C=C(C=O)[C@H](C=O)[C@@H](O)[C@@H]2CC(C)(C)C[C@@H]21. The zero-order chi connectivity index (χ0) is 13.5. The van der Waals surface area contributed by atoms with Crippen LogP contribution in [-0.2, 0) is 9.59 Å². The standard InChI is InChI=1S/C15H22O3/c1-9-4-10(7-16)13(8-17)14(18)12-6-15(2,3)5-11(9)12/h4,7-9,11-14,18H,5-6H2,1-3H3/t9-,11+,12+,13-,14-/m0/s1. The monoisotopic (exact) mass is 250 g/mol. The van der Waals surface area contributed by atoms with E-state index in [1.165, 1.54) is 0 Å². The van der Waals surface area contributed by atoms with Gasteiger partial charge in [-0.05, 0) is 36.0 Å². The highest BCUT2D eigenvalue weighted by Gasteiger charge is 2.48. The minimum atomic E-state index is -0.712. The third-order valence-electron chi connectivity index (χ3n) is 4.73. The highest BCUT2D eigenvalue weighted by molar-refractivity contribution is 5.81. The van der Waals surface area contributed by atoms with Gasteiger partial charge in [-0.15, -0.1) is 0 Å². The molecule has 0 aromatic carbocycles. The molecule has 0 aromatic heterocycles. The second kappa shape index (κ2) is 4.61. The summed E-state index contributed by atoms with van der Waals surface area (Å²) in [5.41, 5.74) is 0.669. The predicted molar refractivity (Wildman–Crippen MR) is 68.9 cm³/mol. The van der Waals surface area contributed by atoms with Crippen molar-refractivity contribution in [2.24, 2.45) is 29.1 Å². The molecular weight excluding hydrogens is 228 g/mol. The van der Waals surface area contributed by atoms with Gasteiger partial charge in [-0.1, -0.05) is 26.8 Å². The van der Waals surface area contributed by atoms with Crippen molar-refractivity contribution in [2.45, 2.75) is 39.7 Å². The Labute approximate surface area is 108 Å². The number of fused-ring (bicyclic) bond motifs is 1.